The second-order valence-electron chi connectivity index (χ2n) is 2.40. The third kappa shape index (κ3) is 3.04. The van der Waals surface area contributed by atoms with Crippen molar-refractivity contribution in [3.63, 3.8) is 0 Å². The van der Waals surface area contributed by atoms with Crippen LogP contribution in [0.15, 0.2) is 24.4 Å². The molecule has 1 aliphatic rings. The highest BCUT2D eigenvalue weighted by molar-refractivity contribution is 5.69. The maximum atomic E-state index is 11.2. The van der Waals surface area contributed by atoms with Crippen molar-refractivity contribution in [2.75, 3.05) is 13.2 Å². The van der Waals surface area contributed by atoms with E-state index in [0.717, 1.165) is 0 Å². The number of hydrogen-bond donors (Lipinski definition) is 0. The second-order valence-corrected chi connectivity index (χ2v) is 2.40. The van der Waals surface area contributed by atoms with Crippen molar-refractivity contribution >= 4 is 6.09 Å². The highest BCUT2D eigenvalue weighted by Crippen LogP contribution is 2.00. The number of hydrogen-bond acceptors (Lipinski definition) is 2. The Kier molecular flexibility index (Phi) is 3.65. The molecule has 13 heavy (non-hydrogen) atoms. The first-order valence-electron chi connectivity index (χ1n) is 4.01. The average Bonchev–Trinajstić information content (AvgIpc) is 2.19. The fourth-order valence-corrected chi connectivity index (χ4v) is 0.856. The Morgan fingerprint density at radius 2 is 2.46 bits per heavy atom. The van der Waals surface area contributed by atoms with Crippen LogP contribution < -0.4 is 0 Å². The zero-order valence-electron chi connectivity index (χ0n) is 7.49. The van der Waals surface area contributed by atoms with Crippen molar-refractivity contribution in [2.24, 2.45) is 0 Å². The summed E-state index contributed by atoms with van der Waals surface area (Å²) in [6, 6.07) is 0. The van der Waals surface area contributed by atoms with Gasteiger partial charge in [-0.25, -0.2) is 4.79 Å². The minimum absolute atomic E-state index is 0.156. The van der Waals surface area contributed by atoms with E-state index in [1.54, 1.807) is 19.2 Å². The quantitative estimate of drug-likeness (QED) is 0.568. The summed E-state index contributed by atoms with van der Waals surface area (Å²) in [4.78, 5) is 12.7. The molecule has 1 amide bonds. The minimum atomic E-state index is -0.358. The largest absolute Gasteiger partial charge is 0.436 e. The summed E-state index contributed by atoms with van der Waals surface area (Å²) in [5.41, 5.74) is 0. The number of rotatable bonds is 1. The fourth-order valence-electron chi connectivity index (χ4n) is 0.856. The van der Waals surface area contributed by atoms with Crippen LogP contribution in [0.2, 0.25) is 0 Å². The first-order chi connectivity index (χ1) is 6.34. The summed E-state index contributed by atoms with van der Waals surface area (Å²) in [5, 5.41) is 0. The molecule has 0 aromatic rings. The molecule has 1 heterocycles. The maximum Gasteiger partial charge on any atom is 0.415 e. The molecule has 3 nitrogen and oxygen atoms in total. The first kappa shape index (κ1) is 9.40. The lowest BCUT2D eigenvalue weighted by atomic mass is 10.4. The Bertz CT molecular complexity index is 294. The Morgan fingerprint density at radius 1 is 1.62 bits per heavy atom. The van der Waals surface area contributed by atoms with Gasteiger partial charge in [-0.2, -0.15) is 0 Å². The maximum absolute atomic E-state index is 11.2. The van der Waals surface area contributed by atoms with E-state index in [4.69, 9.17) is 4.74 Å². The fraction of sp³-hybridized carbons (Fsp3) is 0.300. The molecule has 1 rings (SSSR count). The van der Waals surface area contributed by atoms with E-state index in [1.807, 2.05) is 12.2 Å². The lowest BCUT2D eigenvalue weighted by Crippen LogP contribution is -2.27. The van der Waals surface area contributed by atoms with Crippen molar-refractivity contribution in [2.45, 2.75) is 6.92 Å². The Balaban J connectivity index is 2.34. The Hall–Kier alpha value is -1.69. The van der Waals surface area contributed by atoms with Crippen molar-refractivity contribution in [3.8, 4) is 11.8 Å². The number of carbonyl (C=O) groups is 1. The Labute approximate surface area is 77.7 Å². The van der Waals surface area contributed by atoms with Crippen LogP contribution in [-0.2, 0) is 4.74 Å². The molecule has 0 N–H and O–H groups in total. The molecule has 0 saturated carbocycles. The van der Waals surface area contributed by atoms with E-state index >= 15 is 0 Å². The van der Waals surface area contributed by atoms with Gasteiger partial charge in [0.1, 0.15) is 0 Å². The van der Waals surface area contributed by atoms with E-state index in [-0.39, 0.29) is 12.7 Å². The summed E-state index contributed by atoms with van der Waals surface area (Å²) in [6.07, 6.45) is 6.88. The Morgan fingerprint density at radius 3 is 3.08 bits per heavy atom. The van der Waals surface area contributed by atoms with E-state index in [0.29, 0.717) is 6.54 Å². The molecule has 0 aromatic carbocycles. The van der Waals surface area contributed by atoms with Gasteiger partial charge in [0.2, 0.25) is 0 Å². The highest BCUT2D eigenvalue weighted by atomic mass is 16.6. The minimum Gasteiger partial charge on any atom is -0.436 e. The molecule has 0 aliphatic carbocycles. The molecule has 0 unspecified atom stereocenters. The van der Waals surface area contributed by atoms with Crippen LogP contribution >= 0.6 is 0 Å². The third-order valence-electron chi connectivity index (χ3n) is 1.49. The second kappa shape index (κ2) is 5.04. The normalized spacial score (nSPS) is 13.5. The smallest absolute Gasteiger partial charge is 0.415 e. The monoisotopic (exact) mass is 177 g/mol. The molecule has 0 spiro atoms. The number of nitrogens with zero attached hydrogens (tertiary/aromatic N) is 1. The van der Waals surface area contributed by atoms with E-state index < -0.39 is 0 Å². The summed E-state index contributed by atoms with van der Waals surface area (Å²) in [7, 11) is 0. The van der Waals surface area contributed by atoms with Gasteiger partial charge in [-0.05, 0) is 13.0 Å². The third-order valence-corrected chi connectivity index (χ3v) is 1.49. The standard InChI is InChI=1S/C10H11NO2/c1-2-3-9-13-10(12)11-7-5-4-6-8-11/h4-7H,8-9H2,1H3. The molecule has 0 atom stereocenters. The van der Waals surface area contributed by atoms with Crippen LogP contribution in [0.4, 0.5) is 4.79 Å². The van der Waals surface area contributed by atoms with Gasteiger partial charge in [-0.15, -0.1) is 5.92 Å². The average molecular weight is 177 g/mol. The van der Waals surface area contributed by atoms with Crippen LogP contribution in [0, 0.1) is 11.8 Å². The van der Waals surface area contributed by atoms with Crippen LogP contribution in [0.1, 0.15) is 6.92 Å². The number of carbonyl (C=O) groups excluding carboxylic acids is 1. The van der Waals surface area contributed by atoms with Crippen LogP contribution in [0.5, 0.6) is 0 Å². The van der Waals surface area contributed by atoms with Crippen LogP contribution in [-0.4, -0.2) is 24.1 Å². The van der Waals surface area contributed by atoms with Gasteiger partial charge in [0.15, 0.2) is 6.61 Å². The zero-order valence-corrected chi connectivity index (χ0v) is 7.49. The van der Waals surface area contributed by atoms with Gasteiger partial charge in [-0.3, -0.25) is 4.90 Å². The zero-order chi connectivity index (χ0) is 9.52. The van der Waals surface area contributed by atoms with Crippen molar-refractivity contribution in [1.82, 2.24) is 4.90 Å². The van der Waals surface area contributed by atoms with Crippen molar-refractivity contribution < 1.29 is 9.53 Å². The van der Waals surface area contributed by atoms with Gasteiger partial charge in [0, 0.05) is 12.7 Å². The summed E-state index contributed by atoms with van der Waals surface area (Å²) < 4.78 is 4.85. The van der Waals surface area contributed by atoms with Gasteiger partial charge in [0.25, 0.3) is 0 Å². The van der Waals surface area contributed by atoms with Crippen LogP contribution in [0.3, 0.4) is 0 Å². The van der Waals surface area contributed by atoms with Crippen LogP contribution in [0.25, 0.3) is 0 Å². The SMILES string of the molecule is CC#CCOC(=O)N1C=CC=CC1. The lowest BCUT2D eigenvalue weighted by molar-refractivity contribution is 0.132. The molecule has 68 valence electrons. The molecule has 1 aliphatic heterocycles. The van der Waals surface area contributed by atoms with E-state index in [9.17, 15) is 4.79 Å². The number of allylic oxidation sites excluding steroid dienone is 2. The molecular formula is C10H11NO2. The van der Waals surface area contributed by atoms with Crippen molar-refractivity contribution in [1.29, 1.82) is 0 Å². The van der Waals surface area contributed by atoms with Gasteiger partial charge in [0.05, 0.1) is 0 Å². The summed E-state index contributed by atoms with van der Waals surface area (Å²) in [6.45, 7) is 2.43. The number of amides is 1. The predicted molar refractivity (Wildman–Crippen MR) is 49.8 cm³/mol. The number of ether oxygens (including phenoxy) is 1. The lowest BCUT2D eigenvalue weighted by Gasteiger charge is -2.16. The van der Waals surface area contributed by atoms with Crippen molar-refractivity contribution in [3.05, 3.63) is 24.4 Å². The van der Waals surface area contributed by atoms with Gasteiger partial charge in [-0.1, -0.05) is 18.1 Å². The summed E-state index contributed by atoms with van der Waals surface area (Å²) in [5.74, 6) is 5.30. The predicted octanol–water partition coefficient (Wildman–Crippen LogP) is 1.53. The molecule has 0 fully saturated rings. The molecule has 0 bridgehead atoms. The highest BCUT2D eigenvalue weighted by Gasteiger charge is 2.10. The molecule has 3 heteroatoms. The molecule has 0 saturated heterocycles. The molecule has 0 aromatic heterocycles. The molecule has 0 radical (unpaired) electrons. The molecular weight excluding hydrogens is 166 g/mol. The first-order valence-corrected chi connectivity index (χ1v) is 4.01. The van der Waals surface area contributed by atoms with E-state index in [1.165, 1.54) is 4.90 Å². The van der Waals surface area contributed by atoms with Gasteiger partial charge >= 0.3 is 6.09 Å². The van der Waals surface area contributed by atoms with E-state index in [2.05, 4.69) is 11.8 Å². The topological polar surface area (TPSA) is 29.5 Å². The summed E-state index contributed by atoms with van der Waals surface area (Å²) >= 11 is 0. The van der Waals surface area contributed by atoms with Gasteiger partial charge < -0.3 is 4.74 Å².